The lowest BCUT2D eigenvalue weighted by atomic mass is 10.3. The summed E-state index contributed by atoms with van der Waals surface area (Å²) < 4.78 is 0. The lowest BCUT2D eigenvalue weighted by Gasteiger charge is -1.97. The van der Waals surface area contributed by atoms with Crippen LogP contribution in [0.3, 0.4) is 0 Å². The lowest BCUT2D eigenvalue weighted by Crippen LogP contribution is -2.11. The van der Waals surface area contributed by atoms with E-state index < -0.39 is 0 Å². The van der Waals surface area contributed by atoms with E-state index in [1.54, 1.807) is 11.3 Å². The van der Waals surface area contributed by atoms with Gasteiger partial charge in [-0.2, -0.15) is 0 Å². The Kier molecular flexibility index (Phi) is 4.02. The van der Waals surface area contributed by atoms with Crippen molar-refractivity contribution in [2.24, 2.45) is 0 Å². The summed E-state index contributed by atoms with van der Waals surface area (Å²) in [5.74, 6) is 0. The summed E-state index contributed by atoms with van der Waals surface area (Å²) in [4.78, 5) is 8.86. The molecule has 0 aliphatic heterocycles. The number of thiazole rings is 1. The highest BCUT2D eigenvalue weighted by Gasteiger charge is 2.03. The zero-order valence-corrected chi connectivity index (χ0v) is 10.1. The maximum Gasteiger partial charge on any atom is 0.0988 e. The van der Waals surface area contributed by atoms with E-state index in [0.717, 1.165) is 35.9 Å². The zero-order chi connectivity index (χ0) is 11.2. The molecule has 0 aromatic carbocycles. The SMILES string of the molecule is CCNCc1csc(Cc2ccccn2)n1. The Hall–Kier alpha value is -1.26. The van der Waals surface area contributed by atoms with Crippen molar-refractivity contribution in [2.45, 2.75) is 19.9 Å². The Bertz CT molecular complexity index is 425. The quantitative estimate of drug-likeness (QED) is 0.860. The Morgan fingerprint density at radius 3 is 3.00 bits per heavy atom. The number of pyridine rings is 1. The molecular formula is C12H15N3S. The Morgan fingerprint density at radius 1 is 1.31 bits per heavy atom. The van der Waals surface area contributed by atoms with Crippen molar-refractivity contribution in [1.82, 2.24) is 15.3 Å². The number of hydrogen-bond acceptors (Lipinski definition) is 4. The van der Waals surface area contributed by atoms with Crippen LogP contribution in [0.4, 0.5) is 0 Å². The summed E-state index contributed by atoms with van der Waals surface area (Å²) >= 11 is 1.70. The van der Waals surface area contributed by atoms with Crippen LogP contribution in [0.25, 0.3) is 0 Å². The molecule has 0 aliphatic rings. The summed E-state index contributed by atoms with van der Waals surface area (Å²) in [7, 11) is 0. The fourth-order valence-corrected chi connectivity index (χ4v) is 2.23. The third kappa shape index (κ3) is 3.12. The summed E-state index contributed by atoms with van der Waals surface area (Å²) in [6.07, 6.45) is 2.65. The highest BCUT2D eigenvalue weighted by Crippen LogP contribution is 2.13. The fourth-order valence-electron chi connectivity index (χ4n) is 1.42. The van der Waals surface area contributed by atoms with Crippen LogP contribution in [0.15, 0.2) is 29.8 Å². The number of nitrogens with one attached hydrogen (secondary N) is 1. The lowest BCUT2D eigenvalue weighted by molar-refractivity contribution is 0.712. The second kappa shape index (κ2) is 5.72. The van der Waals surface area contributed by atoms with Crippen LogP contribution >= 0.6 is 11.3 Å². The molecule has 0 amide bonds. The van der Waals surface area contributed by atoms with E-state index in [-0.39, 0.29) is 0 Å². The third-order valence-electron chi connectivity index (χ3n) is 2.21. The molecular weight excluding hydrogens is 218 g/mol. The van der Waals surface area contributed by atoms with Crippen molar-refractivity contribution in [1.29, 1.82) is 0 Å². The van der Waals surface area contributed by atoms with Crippen molar-refractivity contribution in [3.05, 3.63) is 46.2 Å². The Morgan fingerprint density at radius 2 is 2.25 bits per heavy atom. The minimum absolute atomic E-state index is 0.831. The molecule has 0 bridgehead atoms. The topological polar surface area (TPSA) is 37.8 Å². The van der Waals surface area contributed by atoms with Crippen LogP contribution in [0.2, 0.25) is 0 Å². The van der Waals surface area contributed by atoms with E-state index in [4.69, 9.17) is 0 Å². The van der Waals surface area contributed by atoms with Gasteiger partial charge in [0.2, 0.25) is 0 Å². The minimum Gasteiger partial charge on any atom is -0.311 e. The third-order valence-corrected chi connectivity index (χ3v) is 3.11. The first-order valence-corrected chi connectivity index (χ1v) is 6.30. The van der Waals surface area contributed by atoms with Gasteiger partial charge < -0.3 is 5.32 Å². The van der Waals surface area contributed by atoms with E-state index in [0.29, 0.717) is 0 Å². The number of hydrogen-bond donors (Lipinski definition) is 1. The fraction of sp³-hybridized carbons (Fsp3) is 0.333. The smallest absolute Gasteiger partial charge is 0.0988 e. The van der Waals surface area contributed by atoms with Crippen molar-refractivity contribution >= 4 is 11.3 Å². The maximum absolute atomic E-state index is 4.56. The van der Waals surface area contributed by atoms with Gasteiger partial charge in [-0.3, -0.25) is 4.98 Å². The first-order chi connectivity index (χ1) is 7.88. The van der Waals surface area contributed by atoms with E-state index in [1.165, 1.54) is 0 Å². The molecule has 0 saturated carbocycles. The van der Waals surface area contributed by atoms with E-state index in [9.17, 15) is 0 Å². The molecule has 1 N–H and O–H groups in total. The van der Waals surface area contributed by atoms with Crippen LogP contribution in [-0.4, -0.2) is 16.5 Å². The van der Waals surface area contributed by atoms with Gasteiger partial charge in [0.1, 0.15) is 0 Å². The average Bonchev–Trinajstić information content (AvgIpc) is 2.75. The first-order valence-electron chi connectivity index (χ1n) is 5.42. The molecule has 2 aromatic rings. The second-order valence-corrected chi connectivity index (χ2v) is 4.45. The second-order valence-electron chi connectivity index (χ2n) is 3.51. The monoisotopic (exact) mass is 233 g/mol. The van der Waals surface area contributed by atoms with Gasteiger partial charge >= 0.3 is 0 Å². The van der Waals surface area contributed by atoms with E-state index in [2.05, 4.69) is 27.6 Å². The van der Waals surface area contributed by atoms with E-state index in [1.807, 2.05) is 24.4 Å². The minimum atomic E-state index is 0.831. The molecule has 2 rings (SSSR count). The summed E-state index contributed by atoms with van der Waals surface area (Å²) in [5.41, 5.74) is 2.20. The highest BCUT2D eigenvalue weighted by molar-refractivity contribution is 7.09. The van der Waals surface area contributed by atoms with Gasteiger partial charge in [0.05, 0.1) is 10.7 Å². The average molecular weight is 233 g/mol. The molecule has 0 spiro atoms. The first kappa shape index (κ1) is 11.2. The summed E-state index contributed by atoms with van der Waals surface area (Å²) in [6.45, 7) is 3.93. The molecule has 0 atom stereocenters. The summed E-state index contributed by atoms with van der Waals surface area (Å²) in [6, 6.07) is 5.98. The molecule has 2 aromatic heterocycles. The van der Waals surface area contributed by atoms with Crippen molar-refractivity contribution in [2.75, 3.05) is 6.54 Å². The Balaban J connectivity index is 1.97. The van der Waals surface area contributed by atoms with Gasteiger partial charge in [0, 0.05) is 30.2 Å². The van der Waals surface area contributed by atoms with Gasteiger partial charge in [0.15, 0.2) is 0 Å². The van der Waals surface area contributed by atoms with Crippen LogP contribution in [0.1, 0.15) is 23.3 Å². The molecule has 16 heavy (non-hydrogen) atoms. The molecule has 2 heterocycles. The summed E-state index contributed by atoms with van der Waals surface area (Å²) in [5, 5.41) is 6.51. The Labute approximate surface area is 99.6 Å². The van der Waals surface area contributed by atoms with E-state index >= 15 is 0 Å². The van der Waals surface area contributed by atoms with Gasteiger partial charge in [-0.05, 0) is 18.7 Å². The van der Waals surface area contributed by atoms with Crippen LogP contribution < -0.4 is 5.32 Å². The molecule has 0 aliphatic carbocycles. The zero-order valence-electron chi connectivity index (χ0n) is 9.31. The predicted octanol–water partition coefficient (Wildman–Crippen LogP) is 2.24. The molecule has 0 unspecified atom stereocenters. The molecule has 0 fully saturated rings. The highest BCUT2D eigenvalue weighted by atomic mass is 32.1. The molecule has 84 valence electrons. The van der Waals surface area contributed by atoms with Gasteiger partial charge in [0.25, 0.3) is 0 Å². The molecule has 3 nitrogen and oxygen atoms in total. The van der Waals surface area contributed by atoms with Crippen LogP contribution in [0.5, 0.6) is 0 Å². The van der Waals surface area contributed by atoms with Gasteiger partial charge in [-0.1, -0.05) is 13.0 Å². The van der Waals surface area contributed by atoms with Gasteiger partial charge in [-0.15, -0.1) is 11.3 Å². The number of nitrogens with zero attached hydrogens (tertiary/aromatic N) is 2. The number of aromatic nitrogens is 2. The van der Waals surface area contributed by atoms with Gasteiger partial charge in [-0.25, -0.2) is 4.98 Å². The number of rotatable bonds is 5. The van der Waals surface area contributed by atoms with Crippen molar-refractivity contribution in [3.8, 4) is 0 Å². The normalized spacial score (nSPS) is 10.6. The van der Waals surface area contributed by atoms with Crippen LogP contribution in [-0.2, 0) is 13.0 Å². The largest absolute Gasteiger partial charge is 0.311 e. The standard InChI is InChI=1S/C12H15N3S/c1-2-13-8-11-9-16-12(15-11)7-10-5-3-4-6-14-10/h3-6,9,13H,2,7-8H2,1H3. The predicted molar refractivity (Wildman–Crippen MR) is 66.5 cm³/mol. The molecule has 0 saturated heterocycles. The molecule has 0 radical (unpaired) electrons. The molecule has 4 heteroatoms. The van der Waals surface area contributed by atoms with Crippen LogP contribution in [0, 0.1) is 0 Å². The van der Waals surface area contributed by atoms with Crippen molar-refractivity contribution in [3.63, 3.8) is 0 Å². The maximum atomic E-state index is 4.56. The van der Waals surface area contributed by atoms with Crippen molar-refractivity contribution < 1.29 is 0 Å².